The van der Waals surface area contributed by atoms with Gasteiger partial charge < -0.3 is 4.74 Å². The van der Waals surface area contributed by atoms with Crippen LogP contribution < -0.4 is 4.74 Å². The zero-order chi connectivity index (χ0) is 17.1. The van der Waals surface area contributed by atoms with Crippen LogP contribution in [0.3, 0.4) is 0 Å². The number of ether oxygens (including phenoxy) is 1. The molecule has 0 unspecified atom stereocenters. The van der Waals surface area contributed by atoms with E-state index in [0.717, 1.165) is 34.2 Å². The van der Waals surface area contributed by atoms with Crippen LogP contribution >= 0.6 is 0 Å². The Labute approximate surface area is 145 Å². The lowest BCUT2D eigenvalue weighted by molar-refractivity contribution is 0.415. The molecule has 0 aliphatic rings. The summed E-state index contributed by atoms with van der Waals surface area (Å²) in [6.07, 6.45) is 3.56. The minimum Gasteiger partial charge on any atom is -0.497 e. The summed E-state index contributed by atoms with van der Waals surface area (Å²) < 4.78 is 7.26. The lowest BCUT2D eigenvalue weighted by atomic mass is 10.1. The molecule has 0 saturated heterocycles. The molecule has 0 atom stereocenters. The molecule has 2 aromatic carbocycles. The van der Waals surface area contributed by atoms with Crippen LogP contribution in [0.2, 0.25) is 0 Å². The van der Waals surface area contributed by atoms with Crippen LogP contribution in [-0.2, 0) is 0 Å². The van der Waals surface area contributed by atoms with E-state index in [4.69, 9.17) is 4.74 Å². The molecule has 0 aliphatic carbocycles. The Bertz CT molecular complexity index is 964. The Kier molecular flexibility index (Phi) is 3.96. The molecule has 25 heavy (non-hydrogen) atoms. The minimum absolute atomic E-state index is 0.759. The van der Waals surface area contributed by atoms with Crippen molar-refractivity contribution in [3.05, 3.63) is 79.1 Å². The highest BCUT2D eigenvalue weighted by Gasteiger charge is 2.17. The van der Waals surface area contributed by atoms with E-state index in [2.05, 4.69) is 15.2 Å². The zero-order valence-electron chi connectivity index (χ0n) is 13.7. The third-order valence-corrected chi connectivity index (χ3v) is 3.95. The van der Waals surface area contributed by atoms with Gasteiger partial charge in [0, 0.05) is 17.3 Å². The van der Waals surface area contributed by atoms with Gasteiger partial charge in [-0.15, -0.1) is 10.2 Å². The summed E-state index contributed by atoms with van der Waals surface area (Å²) in [5.41, 5.74) is 2.87. The smallest absolute Gasteiger partial charge is 0.168 e. The van der Waals surface area contributed by atoms with E-state index in [1.807, 2.05) is 77.5 Å². The Morgan fingerprint density at radius 1 is 0.760 bits per heavy atom. The molecule has 4 rings (SSSR count). The number of benzene rings is 2. The van der Waals surface area contributed by atoms with Crippen molar-refractivity contribution in [2.24, 2.45) is 0 Å². The number of rotatable bonds is 4. The van der Waals surface area contributed by atoms with Gasteiger partial charge in [-0.3, -0.25) is 9.55 Å². The van der Waals surface area contributed by atoms with Gasteiger partial charge in [-0.1, -0.05) is 30.3 Å². The first-order valence-corrected chi connectivity index (χ1v) is 7.92. The van der Waals surface area contributed by atoms with Crippen molar-refractivity contribution in [2.75, 3.05) is 7.11 Å². The van der Waals surface area contributed by atoms with Crippen molar-refractivity contribution < 1.29 is 4.74 Å². The summed E-state index contributed by atoms with van der Waals surface area (Å²) in [7, 11) is 1.65. The molecule has 0 aliphatic heterocycles. The minimum atomic E-state index is 0.759. The second-order valence-corrected chi connectivity index (χ2v) is 5.49. The molecular formula is C20H16N4O. The highest BCUT2D eigenvalue weighted by Crippen LogP contribution is 2.28. The van der Waals surface area contributed by atoms with Crippen LogP contribution in [0.15, 0.2) is 79.1 Å². The molecule has 122 valence electrons. The summed E-state index contributed by atoms with van der Waals surface area (Å²) in [6, 6.07) is 21.7. The van der Waals surface area contributed by atoms with Crippen LogP contribution in [0.4, 0.5) is 0 Å². The molecule has 0 bridgehead atoms. The fourth-order valence-corrected chi connectivity index (χ4v) is 2.72. The molecule has 0 fully saturated rings. The van der Waals surface area contributed by atoms with Gasteiger partial charge in [0.25, 0.3) is 0 Å². The molecule has 5 heteroatoms. The number of aromatic nitrogens is 4. The Morgan fingerprint density at radius 3 is 2.04 bits per heavy atom. The number of hydrogen-bond donors (Lipinski definition) is 0. The van der Waals surface area contributed by atoms with Crippen LogP contribution in [0.5, 0.6) is 5.75 Å². The summed E-state index contributed by atoms with van der Waals surface area (Å²) in [5.74, 6) is 2.34. The first-order valence-electron chi connectivity index (χ1n) is 7.92. The van der Waals surface area contributed by atoms with Gasteiger partial charge in [-0.25, -0.2) is 0 Å². The van der Waals surface area contributed by atoms with Crippen LogP contribution in [-0.4, -0.2) is 26.9 Å². The first-order chi connectivity index (χ1) is 12.4. The normalized spacial score (nSPS) is 10.6. The van der Waals surface area contributed by atoms with Gasteiger partial charge in [0.2, 0.25) is 0 Å². The van der Waals surface area contributed by atoms with E-state index in [9.17, 15) is 0 Å². The van der Waals surface area contributed by atoms with Crippen molar-refractivity contribution in [2.45, 2.75) is 0 Å². The molecule has 0 saturated carbocycles. The van der Waals surface area contributed by atoms with Crippen molar-refractivity contribution in [3.63, 3.8) is 0 Å². The maximum Gasteiger partial charge on any atom is 0.168 e. The molecule has 0 spiro atoms. The van der Waals surface area contributed by atoms with Crippen molar-refractivity contribution in [1.29, 1.82) is 0 Å². The summed E-state index contributed by atoms with van der Waals surface area (Å²) >= 11 is 0. The van der Waals surface area contributed by atoms with E-state index in [-0.39, 0.29) is 0 Å². The van der Waals surface area contributed by atoms with Gasteiger partial charge in [0.1, 0.15) is 5.75 Å². The van der Waals surface area contributed by atoms with Crippen LogP contribution in [0, 0.1) is 0 Å². The van der Waals surface area contributed by atoms with Crippen molar-refractivity contribution >= 4 is 0 Å². The summed E-state index contributed by atoms with van der Waals surface area (Å²) in [5, 5.41) is 8.87. The van der Waals surface area contributed by atoms with Gasteiger partial charge in [0.15, 0.2) is 11.6 Å². The lowest BCUT2D eigenvalue weighted by Crippen LogP contribution is -2.00. The van der Waals surface area contributed by atoms with E-state index in [0.29, 0.717) is 0 Å². The van der Waals surface area contributed by atoms with Gasteiger partial charge in [-0.2, -0.15) is 0 Å². The standard InChI is InChI=1S/C20H16N4O/c1-25-18-11-9-16(10-12-18)20-23-22-19(15-6-3-2-4-7-15)24(20)17-8-5-13-21-14-17/h2-14H,1H3. The Hall–Kier alpha value is -3.47. The third kappa shape index (κ3) is 2.87. The van der Waals surface area contributed by atoms with Crippen LogP contribution in [0.25, 0.3) is 28.5 Å². The molecular weight excluding hydrogens is 312 g/mol. The number of pyridine rings is 1. The van der Waals surface area contributed by atoms with Gasteiger partial charge >= 0.3 is 0 Å². The van der Waals surface area contributed by atoms with Gasteiger partial charge in [0.05, 0.1) is 19.0 Å². The SMILES string of the molecule is COc1ccc(-c2nnc(-c3ccccc3)n2-c2cccnc2)cc1. The maximum absolute atomic E-state index is 5.24. The highest BCUT2D eigenvalue weighted by molar-refractivity contribution is 5.66. The molecule has 0 radical (unpaired) electrons. The Balaban J connectivity index is 1.91. The quantitative estimate of drug-likeness (QED) is 0.568. The summed E-state index contributed by atoms with van der Waals surface area (Å²) in [4.78, 5) is 4.24. The predicted octanol–water partition coefficient (Wildman–Crippen LogP) is 4.00. The highest BCUT2D eigenvalue weighted by atomic mass is 16.5. The second-order valence-electron chi connectivity index (χ2n) is 5.49. The largest absolute Gasteiger partial charge is 0.497 e. The molecule has 0 amide bonds. The average molecular weight is 328 g/mol. The number of methoxy groups -OCH3 is 1. The molecule has 2 heterocycles. The molecule has 5 nitrogen and oxygen atoms in total. The van der Waals surface area contributed by atoms with E-state index in [1.165, 1.54) is 0 Å². The van der Waals surface area contributed by atoms with Crippen molar-refractivity contribution in [3.8, 4) is 34.2 Å². The molecule has 2 aromatic heterocycles. The molecule has 0 N–H and O–H groups in total. The van der Waals surface area contributed by atoms with E-state index >= 15 is 0 Å². The van der Waals surface area contributed by atoms with Crippen molar-refractivity contribution in [1.82, 2.24) is 19.7 Å². The second kappa shape index (κ2) is 6.57. The summed E-state index contributed by atoms with van der Waals surface area (Å²) in [6.45, 7) is 0. The zero-order valence-corrected chi connectivity index (χ0v) is 13.7. The lowest BCUT2D eigenvalue weighted by Gasteiger charge is -2.10. The number of nitrogens with zero attached hydrogens (tertiary/aromatic N) is 4. The van der Waals surface area contributed by atoms with E-state index < -0.39 is 0 Å². The monoisotopic (exact) mass is 328 g/mol. The maximum atomic E-state index is 5.24. The average Bonchev–Trinajstić information content (AvgIpc) is 3.14. The third-order valence-electron chi connectivity index (χ3n) is 3.95. The van der Waals surface area contributed by atoms with Gasteiger partial charge in [-0.05, 0) is 36.4 Å². The number of hydrogen-bond acceptors (Lipinski definition) is 4. The fraction of sp³-hybridized carbons (Fsp3) is 0.0500. The molecule has 4 aromatic rings. The van der Waals surface area contributed by atoms with E-state index in [1.54, 1.807) is 13.3 Å². The first kappa shape index (κ1) is 15.1. The predicted molar refractivity (Wildman–Crippen MR) is 96.6 cm³/mol. The Morgan fingerprint density at radius 2 is 1.44 bits per heavy atom. The topological polar surface area (TPSA) is 52.8 Å². The fourth-order valence-electron chi connectivity index (χ4n) is 2.72. The van der Waals surface area contributed by atoms with Crippen LogP contribution in [0.1, 0.15) is 0 Å².